The van der Waals surface area contributed by atoms with Crippen LogP contribution in [-0.2, 0) is 20.5 Å². The number of halogens is 2. The monoisotopic (exact) mass is 436 g/mol. The molecule has 152 valence electrons. The Morgan fingerprint density at radius 1 is 1.30 bits per heavy atom. The van der Waals surface area contributed by atoms with Gasteiger partial charge in [-0.15, -0.1) is 0 Å². The van der Waals surface area contributed by atoms with Gasteiger partial charge in [-0.1, -0.05) is 35.7 Å². The predicted octanol–water partition coefficient (Wildman–Crippen LogP) is 4.20. The second-order valence-electron chi connectivity index (χ2n) is 7.64. The third-order valence-electron chi connectivity index (χ3n) is 4.16. The van der Waals surface area contributed by atoms with Crippen LogP contribution in [0.1, 0.15) is 45.6 Å². The maximum Gasteiger partial charge on any atom is 0.407 e. The fourth-order valence-electron chi connectivity index (χ4n) is 2.98. The Labute approximate surface area is 171 Å². The van der Waals surface area contributed by atoms with Crippen LogP contribution in [0.3, 0.4) is 0 Å². The second-order valence-corrected chi connectivity index (χ2v) is 10.4. The second kappa shape index (κ2) is 8.99. The minimum absolute atomic E-state index is 0.202. The minimum Gasteiger partial charge on any atom is -0.444 e. The van der Waals surface area contributed by atoms with Gasteiger partial charge in [-0.2, -0.15) is 4.31 Å². The normalized spacial score (nSPS) is 18.9. The number of carbonyl (C=O) groups is 1. The molecule has 1 aliphatic rings. The maximum absolute atomic E-state index is 13.0. The van der Waals surface area contributed by atoms with Crippen LogP contribution < -0.4 is 5.32 Å². The highest BCUT2D eigenvalue weighted by molar-refractivity contribution is 7.88. The van der Waals surface area contributed by atoms with E-state index in [0.717, 1.165) is 12.8 Å². The number of alkyl carbamates (subject to hydrolysis) is 1. The van der Waals surface area contributed by atoms with E-state index < -0.39 is 21.7 Å². The molecule has 0 unspecified atom stereocenters. The van der Waals surface area contributed by atoms with Crippen molar-refractivity contribution in [3.05, 3.63) is 33.8 Å². The zero-order valence-electron chi connectivity index (χ0n) is 15.8. The van der Waals surface area contributed by atoms with Gasteiger partial charge in [0.1, 0.15) is 5.60 Å². The van der Waals surface area contributed by atoms with Crippen LogP contribution in [0, 0.1) is 0 Å². The standard InChI is InChI=1S/C18H26Cl2N2O4S/c1-18(2,3)26-17(23)21-11-15-6-4-5-9-22(15)27(24,25)12-13-7-8-14(19)10-16(13)20/h7-8,10,15H,4-6,9,11-12H2,1-3H3,(H,21,23)/t15-/m0/s1. The van der Waals surface area contributed by atoms with Crippen LogP contribution >= 0.6 is 23.2 Å². The lowest BCUT2D eigenvalue weighted by Gasteiger charge is -2.35. The van der Waals surface area contributed by atoms with Gasteiger partial charge in [0, 0.05) is 29.2 Å². The van der Waals surface area contributed by atoms with Crippen molar-refractivity contribution >= 4 is 39.3 Å². The van der Waals surface area contributed by atoms with Crippen molar-refractivity contribution in [2.45, 2.75) is 57.4 Å². The summed E-state index contributed by atoms with van der Waals surface area (Å²) in [5.74, 6) is -0.202. The molecule has 1 aliphatic heterocycles. The first-order valence-corrected chi connectivity index (χ1v) is 11.2. The molecule has 1 heterocycles. The summed E-state index contributed by atoms with van der Waals surface area (Å²) >= 11 is 12.0. The molecule has 0 saturated carbocycles. The van der Waals surface area contributed by atoms with Crippen molar-refractivity contribution in [3.63, 3.8) is 0 Å². The zero-order chi connectivity index (χ0) is 20.2. The summed E-state index contributed by atoms with van der Waals surface area (Å²) in [7, 11) is -3.59. The number of amides is 1. The van der Waals surface area contributed by atoms with E-state index in [1.54, 1.807) is 32.9 Å². The molecule has 0 spiro atoms. The van der Waals surface area contributed by atoms with Crippen LogP contribution in [0.2, 0.25) is 10.0 Å². The van der Waals surface area contributed by atoms with Gasteiger partial charge in [0.15, 0.2) is 0 Å². The third-order valence-corrected chi connectivity index (χ3v) is 6.62. The number of sulfonamides is 1. The molecule has 2 rings (SSSR count). The van der Waals surface area contributed by atoms with Crippen molar-refractivity contribution in [1.29, 1.82) is 0 Å². The van der Waals surface area contributed by atoms with Gasteiger partial charge in [-0.3, -0.25) is 0 Å². The van der Waals surface area contributed by atoms with Crippen LogP contribution in [0.25, 0.3) is 0 Å². The first-order chi connectivity index (χ1) is 12.5. The number of hydrogen-bond acceptors (Lipinski definition) is 4. The Kier molecular flexibility index (Phi) is 7.41. The zero-order valence-corrected chi connectivity index (χ0v) is 18.1. The molecule has 0 aliphatic carbocycles. The fourth-order valence-corrected chi connectivity index (χ4v) is 5.38. The van der Waals surface area contributed by atoms with E-state index in [1.807, 2.05) is 0 Å². The lowest BCUT2D eigenvalue weighted by molar-refractivity contribution is 0.0512. The first-order valence-electron chi connectivity index (χ1n) is 8.88. The molecule has 1 aromatic rings. The number of hydrogen-bond donors (Lipinski definition) is 1. The van der Waals surface area contributed by atoms with Gasteiger partial charge in [-0.05, 0) is 51.3 Å². The highest BCUT2D eigenvalue weighted by Crippen LogP contribution is 2.27. The molecule has 1 atom stereocenters. The van der Waals surface area contributed by atoms with E-state index >= 15 is 0 Å². The number of nitrogens with zero attached hydrogens (tertiary/aromatic N) is 1. The summed E-state index contributed by atoms with van der Waals surface area (Å²) in [4.78, 5) is 11.9. The van der Waals surface area contributed by atoms with Gasteiger partial charge >= 0.3 is 6.09 Å². The molecule has 1 fully saturated rings. The third kappa shape index (κ3) is 6.82. The van der Waals surface area contributed by atoms with E-state index in [1.165, 1.54) is 10.4 Å². The van der Waals surface area contributed by atoms with E-state index in [9.17, 15) is 13.2 Å². The Bertz CT molecular complexity index is 778. The molecule has 6 nitrogen and oxygen atoms in total. The van der Waals surface area contributed by atoms with Crippen LogP contribution in [0.15, 0.2) is 18.2 Å². The molecular formula is C18H26Cl2N2O4S. The molecule has 9 heteroatoms. The topological polar surface area (TPSA) is 75.7 Å². The van der Waals surface area contributed by atoms with E-state index in [4.69, 9.17) is 27.9 Å². The Morgan fingerprint density at radius 3 is 2.63 bits per heavy atom. The molecule has 1 saturated heterocycles. The Balaban J connectivity index is 2.07. The SMILES string of the molecule is CC(C)(C)OC(=O)NC[C@@H]1CCCCN1S(=O)(=O)Cc1ccc(Cl)cc1Cl. The summed E-state index contributed by atoms with van der Waals surface area (Å²) in [6.07, 6.45) is 1.83. The number of ether oxygens (including phenoxy) is 1. The summed E-state index contributed by atoms with van der Waals surface area (Å²) in [5.41, 5.74) is -0.0983. The van der Waals surface area contributed by atoms with E-state index in [-0.39, 0.29) is 18.3 Å². The number of carbonyl (C=O) groups excluding carboxylic acids is 1. The first kappa shape index (κ1) is 22.3. The molecule has 0 aromatic heterocycles. The van der Waals surface area contributed by atoms with Crippen molar-refractivity contribution < 1.29 is 17.9 Å². The number of rotatable bonds is 5. The molecule has 27 heavy (non-hydrogen) atoms. The Hall–Kier alpha value is -1.02. The average Bonchev–Trinajstić information content (AvgIpc) is 2.54. The van der Waals surface area contributed by atoms with Gasteiger partial charge < -0.3 is 10.1 Å². The van der Waals surface area contributed by atoms with Crippen LogP contribution in [0.5, 0.6) is 0 Å². The van der Waals surface area contributed by atoms with Gasteiger partial charge in [0.25, 0.3) is 0 Å². The fraction of sp³-hybridized carbons (Fsp3) is 0.611. The van der Waals surface area contributed by atoms with E-state index in [2.05, 4.69) is 5.32 Å². The summed E-state index contributed by atoms with van der Waals surface area (Å²) in [6.45, 7) is 5.97. The van der Waals surface area contributed by atoms with Crippen LogP contribution in [-0.4, -0.2) is 43.5 Å². The van der Waals surface area contributed by atoms with Gasteiger partial charge in [-0.25, -0.2) is 13.2 Å². The molecule has 1 aromatic carbocycles. The lowest BCUT2D eigenvalue weighted by Crippen LogP contribution is -2.50. The van der Waals surface area contributed by atoms with Gasteiger partial charge in [0.2, 0.25) is 10.0 Å². The average molecular weight is 437 g/mol. The molecule has 0 bridgehead atoms. The highest BCUT2D eigenvalue weighted by Gasteiger charge is 2.33. The smallest absolute Gasteiger partial charge is 0.407 e. The predicted molar refractivity (Wildman–Crippen MR) is 108 cm³/mol. The summed E-state index contributed by atoms with van der Waals surface area (Å²) in [5, 5.41) is 3.47. The quantitative estimate of drug-likeness (QED) is 0.749. The minimum atomic E-state index is -3.59. The summed E-state index contributed by atoms with van der Waals surface area (Å²) < 4.78 is 32.6. The number of benzene rings is 1. The highest BCUT2D eigenvalue weighted by atomic mass is 35.5. The van der Waals surface area contributed by atoms with Crippen LogP contribution in [0.4, 0.5) is 4.79 Å². The van der Waals surface area contributed by atoms with Crippen molar-refractivity contribution in [2.75, 3.05) is 13.1 Å². The van der Waals surface area contributed by atoms with Crippen molar-refractivity contribution in [1.82, 2.24) is 9.62 Å². The largest absolute Gasteiger partial charge is 0.444 e. The molecule has 1 amide bonds. The number of piperidine rings is 1. The number of nitrogens with one attached hydrogen (secondary N) is 1. The van der Waals surface area contributed by atoms with Gasteiger partial charge in [0.05, 0.1) is 5.75 Å². The molecular weight excluding hydrogens is 411 g/mol. The molecule has 1 N–H and O–H groups in total. The Morgan fingerprint density at radius 2 is 2.00 bits per heavy atom. The molecule has 0 radical (unpaired) electrons. The summed E-state index contributed by atoms with van der Waals surface area (Å²) in [6, 6.07) is 4.48. The van der Waals surface area contributed by atoms with Crippen molar-refractivity contribution in [3.8, 4) is 0 Å². The van der Waals surface area contributed by atoms with Crippen molar-refractivity contribution in [2.24, 2.45) is 0 Å². The van der Waals surface area contributed by atoms with E-state index in [0.29, 0.717) is 28.6 Å². The lowest BCUT2D eigenvalue weighted by atomic mass is 10.1. The maximum atomic E-state index is 13.0.